The fourth-order valence-corrected chi connectivity index (χ4v) is 3.78. The molecule has 1 saturated carbocycles. The number of nitrogens with zero attached hydrogens (tertiary/aromatic N) is 4. The summed E-state index contributed by atoms with van der Waals surface area (Å²) in [4.78, 5) is 25.6. The van der Waals surface area contributed by atoms with Gasteiger partial charge in [0.15, 0.2) is 0 Å². The minimum atomic E-state index is -0.561. The van der Waals surface area contributed by atoms with Crippen molar-refractivity contribution in [2.75, 3.05) is 5.32 Å². The third kappa shape index (κ3) is 3.21. The quantitative estimate of drug-likeness (QED) is 0.526. The van der Waals surface area contributed by atoms with Crippen LogP contribution < -0.4 is 5.32 Å². The van der Waals surface area contributed by atoms with Crippen molar-refractivity contribution in [3.8, 4) is 11.1 Å². The van der Waals surface area contributed by atoms with Crippen LogP contribution in [-0.4, -0.2) is 30.4 Å². The molecule has 2 N–H and O–H groups in total. The van der Waals surface area contributed by atoms with Gasteiger partial charge in [0.1, 0.15) is 11.5 Å². The van der Waals surface area contributed by atoms with Gasteiger partial charge in [0, 0.05) is 53.3 Å². The molecular formula is C23H23N5O2. The van der Waals surface area contributed by atoms with E-state index >= 15 is 0 Å². The average Bonchev–Trinajstić information content (AvgIpc) is 3.49. The molecule has 0 aliphatic heterocycles. The fraction of sp³-hybridized carbons (Fsp3) is 0.304. The minimum Gasteiger partial charge on any atom is -0.387 e. The molecule has 30 heavy (non-hydrogen) atoms. The van der Waals surface area contributed by atoms with Gasteiger partial charge >= 0.3 is 0 Å². The number of rotatable bonds is 5. The van der Waals surface area contributed by atoms with Crippen molar-refractivity contribution in [2.45, 2.75) is 39.2 Å². The number of fused-ring (bicyclic) bond motifs is 3. The van der Waals surface area contributed by atoms with Crippen LogP contribution in [0.2, 0.25) is 0 Å². The van der Waals surface area contributed by atoms with Gasteiger partial charge < -0.3 is 10.4 Å². The first kappa shape index (κ1) is 18.7. The van der Waals surface area contributed by atoms with Crippen molar-refractivity contribution in [3.05, 3.63) is 54.2 Å². The molecule has 1 fully saturated rings. The molecule has 4 aromatic rings. The van der Waals surface area contributed by atoms with Crippen molar-refractivity contribution in [1.82, 2.24) is 19.4 Å². The molecular weight excluding hydrogens is 378 g/mol. The van der Waals surface area contributed by atoms with E-state index in [1.54, 1.807) is 18.6 Å². The van der Waals surface area contributed by atoms with Gasteiger partial charge in [0.2, 0.25) is 5.91 Å². The molecule has 7 nitrogen and oxygen atoms in total. The first-order valence-corrected chi connectivity index (χ1v) is 10.3. The van der Waals surface area contributed by atoms with E-state index in [1.165, 1.54) is 0 Å². The van der Waals surface area contributed by atoms with Crippen LogP contribution >= 0.6 is 0 Å². The normalized spacial score (nSPS) is 14.9. The van der Waals surface area contributed by atoms with Crippen molar-refractivity contribution >= 4 is 28.3 Å². The highest BCUT2D eigenvalue weighted by atomic mass is 16.3. The Hall–Kier alpha value is -3.32. The molecule has 0 radical (unpaired) electrons. The predicted octanol–water partition coefficient (Wildman–Crippen LogP) is 4.04. The molecule has 1 atom stereocenters. The topological polar surface area (TPSA) is 92.4 Å². The van der Waals surface area contributed by atoms with Crippen LogP contribution in [0.4, 0.5) is 5.82 Å². The van der Waals surface area contributed by atoms with Gasteiger partial charge in [-0.1, -0.05) is 6.92 Å². The summed E-state index contributed by atoms with van der Waals surface area (Å²) in [6.07, 6.45) is 9.22. The number of amides is 1. The van der Waals surface area contributed by atoms with Gasteiger partial charge in [0.25, 0.3) is 0 Å². The summed E-state index contributed by atoms with van der Waals surface area (Å²) >= 11 is 0. The van der Waals surface area contributed by atoms with Crippen LogP contribution in [0.5, 0.6) is 0 Å². The Morgan fingerprint density at radius 1 is 1.20 bits per heavy atom. The zero-order valence-electron chi connectivity index (χ0n) is 17.0. The predicted molar refractivity (Wildman–Crippen MR) is 115 cm³/mol. The second-order valence-corrected chi connectivity index (χ2v) is 7.92. The highest BCUT2D eigenvalue weighted by molar-refractivity contribution is 5.96. The molecule has 0 bridgehead atoms. The molecule has 1 aliphatic rings. The first-order valence-electron chi connectivity index (χ1n) is 10.3. The second kappa shape index (κ2) is 7.18. The van der Waals surface area contributed by atoms with Crippen LogP contribution in [0.25, 0.3) is 27.7 Å². The van der Waals surface area contributed by atoms with Crippen LogP contribution in [0, 0.1) is 12.8 Å². The van der Waals surface area contributed by atoms with E-state index in [1.807, 2.05) is 36.6 Å². The van der Waals surface area contributed by atoms with Crippen molar-refractivity contribution in [1.29, 1.82) is 0 Å². The van der Waals surface area contributed by atoms with Crippen molar-refractivity contribution in [3.63, 3.8) is 0 Å². The summed E-state index contributed by atoms with van der Waals surface area (Å²) in [6.45, 7) is 3.95. The van der Waals surface area contributed by atoms with Crippen LogP contribution in [0.3, 0.4) is 0 Å². The Labute approximate surface area is 173 Å². The zero-order valence-corrected chi connectivity index (χ0v) is 17.0. The molecule has 1 aliphatic carbocycles. The fourth-order valence-electron chi connectivity index (χ4n) is 3.78. The highest BCUT2D eigenvalue weighted by Gasteiger charge is 2.29. The van der Waals surface area contributed by atoms with E-state index in [2.05, 4.69) is 26.3 Å². The Balaban J connectivity index is 1.61. The molecule has 0 spiro atoms. The lowest BCUT2D eigenvalue weighted by molar-refractivity contribution is -0.117. The summed E-state index contributed by atoms with van der Waals surface area (Å²) in [7, 11) is 0. The van der Waals surface area contributed by atoms with Gasteiger partial charge in [-0.05, 0) is 43.9 Å². The van der Waals surface area contributed by atoms with E-state index in [-0.39, 0.29) is 11.8 Å². The first-order chi connectivity index (χ1) is 14.5. The van der Waals surface area contributed by atoms with Crippen molar-refractivity contribution < 1.29 is 9.90 Å². The third-order valence-corrected chi connectivity index (χ3v) is 5.70. The monoisotopic (exact) mass is 401 g/mol. The van der Waals surface area contributed by atoms with Gasteiger partial charge in [-0.3, -0.25) is 14.2 Å². The van der Waals surface area contributed by atoms with E-state index in [0.717, 1.165) is 46.1 Å². The largest absolute Gasteiger partial charge is 0.387 e. The van der Waals surface area contributed by atoms with Gasteiger partial charge in [-0.2, -0.15) is 0 Å². The number of nitrogens with one attached hydrogen (secondary N) is 1. The Morgan fingerprint density at radius 2 is 2.03 bits per heavy atom. The van der Waals surface area contributed by atoms with Gasteiger partial charge in [-0.15, -0.1) is 0 Å². The molecule has 1 amide bonds. The lowest BCUT2D eigenvalue weighted by Gasteiger charge is -2.14. The molecule has 0 unspecified atom stereocenters. The lowest BCUT2D eigenvalue weighted by atomic mass is 10.0. The van der Waals surface area contributed by atoms with Gasteiger partial charge in [-0.25, -0.2) is 9.97 Å². The summed E-state index contributed by atoms with van der Waals surface area (Å²) in [5, 5.41) is 14.0. The van der Waals surface area contributed by atoms with E-state index in [0.29, 0.717) is 17.9 Å². The Bertz CT molecular complexity index is 1280. The molecule has 7 heteroatoms. The maximum absolute atomic E-state index is 12.1. The highest BCUT2D eigenvalue weighted by Crippen LogP contribution is 2.33. The average molecular weight is 401 g/mol. The number of aromatic nitrogens is 4. The molecule has 0 saturated heterocycles. The number of imidazole rings is 1. The summed E-state index contributed by atoms with van der Waals surface area (Å²) < 4.78 is 2.01. The zero-order chi connectivity index (χ0) is 20.8. The Morgan fingerprint density at radius 3 is 2.77 bits per heavy atom. The maximum atomic E-state index is 12.1. The number of pyridine rings is 3. The van der Waals surface area contributed by atoms with Crippen LogP contribution in [0.1, 0.15) is 43.5 Å². The number of carbonyl (C=O) groups excluding carboxylic acids is 1. The number of aryl methyl sites for hydroxylation is 1. The van der Waals surface area contributed by atoms with Crippen molar-refractivity contribution in [2.24, 2.45) is 5.92 Å². The van der Waals surface area contributed by atoms with E-state index in [9.17, 15) is 9.90 Å². The third-order valence-electron chi connectivity index (χ3n) is 5.70. The smallest absolute Gasteiger partial charge is 0.228 e. The number of aliphatic hydroxyl groups is 1. The number of hydrogen-bond donors (Lipinski definition) is 2. The summed E-state index contributed by atoms with van der Waals surface area (Å²) in [6, 6.07) is 5.87. The van der Waals surface area contributed by atoms with Crippen LogP contribution in [0.15, 0.2) is 43.0 Å². The molecule has 152 valence electrons. The van der Waals surface area contributed by atoms with E-state index in [4.69, 9.17) is 0 Å². The number of hydrogen-bond acceptors (Lipinski definition) is 5. The van der Waals surface area contributed by atoms with Gasteiger partial charge in [0.05, 0.1) is 17.3 Å². The van der Waals surface area contributed by atoms with Crippen LogP contribution in [-0.2, 0) is 4.79 Å². The number of carbonyl (C=O) groups is 1. The molecule has 5 rings (SSSR count). The Kier molecular flexibility index (Phi) is 4.47. The number of anilines is 1. The SMILES string of the molecule is CC[C@H](O)c1cc(C)c(-c2cc3cnc(NC(=O)C4CC4)cc3n3ccnc23)cn1. The second-order valence-electron chi connectivity index (χ2n) is 7.92. The molecule has 0 aromatic carbocycles. The molecule has 4 aromatic heterocycles. The minimum absolute atomic E-state index is 0.0383. The summed E-state index contributed by atoms with van der Waals surface area (Å²) in [5.74, 6) is 0.720. The lowest BCUT2D eigenvalue weighted by Crippen LogP contribution is -2.14. The summed E-state index contributed by atoms with van der Waals surface area (Å²) in [5.41, 5.74) is 5.35. The maximum Gasteiger partial charge on any atom is 0.228 e. The number of aliphatic hydroxyl groups excluding tert-OH is 1. The standard InChI is InChI=1S/C23H23N5O2/c1-3-20(29)18-8-13(2)17(12-25-18)16-9-15-11-26-21(27-23(30)14-4-5-14)10-19(15)28-7-6-24-22(16)28/h6-12,14,20,29H,3-5H2,1-2H3,(H,26,27,30)/t20-/m0/s1. The van der Waals surface area contributed by atoms with E-state index < -0.39 is 6.10 Å². The molecule has 4 heterocycles.